The number of urea groups is 1. The van der Waals surface area contributed by atoms with Crippen molar-refractivity contribution >= 4 is 11.9 Å². The number of hydrogen-bond donors (Lipinski definition) is 1. The van der Waals surface area contributed by atoms with Gasteiger partial charge in [-0.25, -0.2) is 4.79 Å². The Hall–Kier alpha value is -1.10. The van der Waals surface area contributed by atoms with E-state index in [-0.39, 0.29) is 18.1 Å². The summed E-state index contributed by atoms with van der Waals surface area (Å²) in [5.41, 5.74) is 5.71. The summed E-state index contributed by atoms with van der Waals surface area (Å²) in [5.74, 6) is -0.186. The van der Waals surface area contributed by atoms with Crippen molar-refractivity contribution in [3.05, 3.63) is 0 Å². The molecule has 0 bridgehead atoms. The summed E-state index contributed by atoms with van der Waals surface area (Å²) in [6.07, 6.45) is 0.286. The number of nitrogens with zero attached hydrogens (tertiary/aromatic N) is 2. The maximum atomic E-state index is 11.5. The molecule has 0 aromatic rings. The molecular weight excluding hydrogens is 170 g/mol. The SMILES string of the molecule is CCC(N)N1C(=O)N(C)C(=O)C1C. The molecule has 13 heavy (non-hydrogen) atoms. The highest BCUT2D eigenvalue weighted by Crippen LogP contribution is 2.17. The van der Waals surface area contributed by atoms with Gasteiger partial charge in [0.2, 0.25) is 0 Å². The Morgan fingerprint density at radius 1 is 1.54 bits per heavy atom. The monoisotopic (exact) mass is 185 g/mol. The molecule has 0 aromatic heterocycles. The fraction of sp³-hybridized carbons (Fsp3) is 0.750. The molecule has 0 spiro atoms. The lowest BCUT2D eigenvalue weighted by atomic mass is 10.2. The number of carbonyl (C=O) groups excluding carboxylic acids is 2. The normalized spacial score (nSPS) is 25.7. The van der Waals surface area contributed by atoms with Crippen LogP contribution in [-0.2, 0) is 4.79 Å². The first kappa shape index (κ1) is 9.98. The second-order valence-corrected chi connectivity index (χ2v) is 3.24. The van der Waals surface area contributed by atoms with Crippen LogP contribution in [0, 0.1) is 0 Å². The van der Waals surface area contributed by atoms with Gasteiger partial charge in [-0.15, -0.1) is 0 Å². The fourth-order valence-corrected chi connectivity index (χ4v) is 1.46. The van der Waals surface area contributed by atoms with Gasteiger partial charge in [-0.3, -0.25) is 14.6 Å². The third kappa shape index (κ3) is 1.39. The predicted molar refractivity (Wildman–Crippen MR) is 47.7 cm³/mol. The number of rotatable bonds is 2. The number of imide groups is 1. The van der Waals surface area contributed by atoms with E-state index in [0.29, 0.717) is 6.42 Å². The summed E-state index contributed by atoms with van der Waals surface area (Å²) >= 11 is 0. The molecule has 1 fully saturated rings. The van der Waals surface area contributed by atoms with Crippen LogP contribution in [0.5, 0.6) is 0 Å². The topological polar surface area (TPSA) is 66.6 Å². The molecule has 2 unspecified atom stereocenters. The second kappa shape index (κ2) is 3.33. The number of nitrogens with two attached hydrogens (primary N) is 1. The summed E-state index contributed by atoms with van der Waals surface area (Å²) in [6.45, 7) is 3.58. The number of carbonyl (C=O) groups is 2. The van der Waals surface area contributed by atoms with Crippen LogP contribution in [0.15, 0.2) is 0 Å². The number of hydrogen-bond acceptors (Lipinski definition) is 3. The Kier molecular flexibility index (Phi) is 2.56. The van der Waals surface area contributed by atoms with Gasteiger partial charge in [0.05, 0.1) is 6.17 Å². The minimum atomic E-state index is -0.424. The zero-order chi connectivity index (χ0) is 10.2. The first-order valence-electron chi connectivity index (χ1n) is 4.36. The van der Waals surface area contributed by atoms with Gasteiger partial charge in [-0.2, -0.15) is 0 Å². The van der Waals surface area contributed by atoms with E-state index in [2.05, 4.69) is 0 Å². The summed E-state index contributed by atoms with van der Waals surface area (Å²) < 4.78 is 0. The van der Waals surface area contributed by atoms with Gasteiger partial charge in [0, 0.05) is 7.05 Å². The van der Waals surface area contributed by atoms with Gasteiger partial charge < -0.3 is 5.73 Å². The summed E-state index contributed by atoms with van der Waals surface area (Å²) in [6, 6.07) is -0.723. The van der Waals surface area contributed by atoms with E-state index in [9.17, 15) is 9.59 Å². The van der Waals surface area contributed by atoms with Gasteiger partial charge in [0.1, 0.15) is 6.04 Å². The molecule has 0 aliphatic carbocycles. The van der Waals surface area contributed by atoms with E-state index in [1.165, 1.54) is 11.9 Å². The van der Waals surface area contributed by atoms with Crippen molar-refractivity contribution in [1.82, 2.24) is 9.80 Å². The molecule has 1 saturated heterocycles. The largest absolute Gasteiger partial charge is 0.328 e. The second-order valence-electron chi connectivity index (χ2n) is 3.24. The predicted octanol–water partition coefficient (Wildman–Crippen LogP) is -0.0363. The Labute approximate surface area is 77.5 Å². The average Bonchev–Trinajstić information content (AvgIpc) is 2.30. The molecule has 5 heteroatoms. The highest BCUT2D eigenvalue weighted by atomic mass is 16.2. The zero-order valence-corrected chi connectivity index (χ0v) is 8.15. The lowest BCUT2D eigenvalue weighted by Crippen LogP contribution is -2.46. The molecular formula is C8H15N3O2. The molecule has 2 N–H and O–H groups in total. The minimum absolute atomic E-state index is 0.186. The molecule has 74 valence electrons. The number of amides is 3. The van der Waals surface area contributed by atoms with Crippen LogP contribution < -0.4 is 5.73 Å². The summed E-state index contributed by atoms with van der Waals surface area (Å²) in [4.78, 5) is 25.4. The van der Waals surface area contributed by atoms with Gasteiger partial charge in [-0.1, -0.05) is 6.92 Å². The quantitative estimate of drug-likeness (QED) is 0.614. The van der Waals surface area contributed by atoms with E-state index >= 15 is 0 Å². The molecule has 5 nitrogen and oxygen atoms in total. The smallest absolute Gasteiger partial charge is 0.311 e. The summed E-state index contributed by atoms with van der Waals surface area (Å²) in [7, 11) is 1.48. The third-order valence-corrected chi connectivity index (χ3v) is 2.39. The van der Waals surface area contributed by atoms with Gasteiger partial charge in [0.25, 0.3) is 5.91 Å². The average molecular weight is 185 g/mol. The Morgan fingerprint density at radius 3 is 2.38 bits per heavy atom. The summed E-state index contributed by atoms with van der Waals surface area (Å²) in [5, 5.41) is 0. The maximum absolute atomic E-state index is 11.5. The van der Waals surface area contributed by atoms with Crippen LogP contribution in [0.4, 0.5) is 4.79 Å². The van der Waals surface area contributed by atoms with Crippen molar-refractivity contribution < 1.29 is 9.59 Å². The van der Waals surface area contributed by atoms with E-state index in [0.717, 1.165) is 4.90 Å². The zero-order valence-electron chi connectivity index (χ0n) is 8.15. The van der Waals surface area contributed by atoms with Crippen molar-refractivity contribution in [2.24, 2.45) is 5.73 Å². The standard InChI is InChI=1S/C8H15N3O2/c1-4-6(9)11-5(2)7(12)10(3)8(11)13/h5-6H,4,9H2,1-3H3. The fourth-order valence-electron chi connectivity index (χ4n) is 1.46. The molecule has 0 aromatic carbocycles. The highest BCUT2D eigenvalue weighted by Gasteiger charge is 2.42. The Balaban J connectivity index is 2.87. The van der Waals surface area contributed by atoms with E-state index < -0.39 is 6.04 Å². The molecule has 2 atom stereocenters. The van der Waals surface area contributed by atoms with E-state index in [4.69, 9.17) is 5.73 Å². The van der Waals surface area contributed by atoms with Crippen LogP contribution in [0.1, 0.15) is 20.3 Å². The van der Waals surface area contributed by atoms with Gasteiger partial charge in [-0.05, 0) is 13.3 Å². The molecule has 1 aliphatic heterocycles. The molecule has 3 amide bonds. The minimum Gasteiger partial charge on any atom is -0.311 e. The third-order valence-electron chi connectivity index (χ3n) is 2.39. The van der Waals surface area contributed by atoms with Gasteiger partial charge in [0.15, 0.2) is 0 Å². The van der Waals surface area contributed by atoms with E-state index in [1.807, 2.05) is 6.92 Å². The van der Waals surface area contributed by atoms with Crippen molar-refractivity contribution in [1.29, 1.82) is 0 Å². The highest BCUT2D eigenvalue weighted by molar-refractivity contribution is 6.03. The lowest BCUT2D eigenvalue weighted by molar-refractivity contribution is -0.127. The maximum Gasteiger partial charge on any atom is 0.328 e. The van der Waals surface area contributed by atoms with Crippen LogP contribution in [0.25, 0.3) is 0 Å². The molecule has 1 rings (SSSR count). The first-order valence-corrected chi connectivity index (χ1v) is 4.36. The van der Waals surface area contributed by atoms with Crippen LogP contribution in [0.2, 0.25) is 0 Å². The molecule has 0 saturated carbocycles. The van der Waals surface area contributed by atoms with Crippen molar-refractivity contribution in [2.45, 2.75) is 32.5 Å². The van der Waals surface area contributed by atoms with Crippen molar-refractivity contribution in [2.75, 3.05) is 7.05 Å². The lowest BCUT2D eigenvalue weighted by Gasteiger charge is -2.24. The van der Waals surface area contributed by atoms with Crippen molar-refractivity contribution in [3.63, 3.8) is 0 Å². The van der Waals surface area contributed by atoms with Gasteiger partial charge >= 0.3 is 6.03 Å². The Bertz CT molecular complexity index is 242. The number of likely N-dealkylation sites (N-methyl/N-ethyl adjacent to an activating group) is 1. The van der Waals surface area contributed by atoms with E-state index in [1.54, 1.807) is 6.92 Å². The van der Waals surface area contributed by atoms with Crippen LogP contribution >= 0.6 is 0 Å². The van der Waals surface area contributed by atoms with Crippen molar-refractivity contribution in [3.8, 4) is 0 Å². The van der Waals surface area contributed by atoms with Crippen LogP contribution in [-0.4, -0.2) is 41.0 Å². The van der Waals surface area contributed by atoms with Crippen LogP contribution in [0.3, 0.4) is 0 Å². The Morgan fingerprint density at radius 2 is 2.08 bits per heavy atom. The molecule has 0 radical (unpaired) electrons. The molecule has 1 heterocycles. The molecule has 1 aliphatic rings. The first-order chi connectivity index (χ1) is 6.00.